The van der Waals surface area contributed by atoms with Gasteiger partial charge in [0.05, 0.1) is 0 Å². The van der Waals surface area contributed by atoms with Crippen LogP contribution in [0.15, 0.2) is 24.3 Å². The molecule has 88 valence electrons. The third-order valence-corrected chi connectivity index (χ3v) is 3.95. The van der Waals surface area contributed by atoms with Crippen molar-refractivity contribution in [3.05, 3.63) is 35.4 Å². The van der Waals surface area contributed by atoms with E-state index in [1.165, 1.54) is 43.2 Å². The van der Waals surface area contributed by atoms with Crippen molar-refractivity contribution in [2.75, 3.05) is 6.54 Å². The summed E-state index contributed by atoms with van der Waals surface area (Å²) in [7, 11) is 0. The highest BCUT2D eigenvalue weighted by Crippen LogP contribution is 2.32. The highest BCUT2D eigenvalue weighted by atomic mass is 14.6. The molecular weight excluding hydrogens is 194 g/mol. The van der Waals surface area contributed by atoms with Crippen molar-refractivity contribution in [3.63, 3.8) is 0 Å². The van der Waals surface area contributed by atoms with Gasteiger partial charge in [0.1, 0.15) is 0 Å². The quantitative estimate of drug-likeness (QED) is 0.822. The molecule has 2 N–H and O–H groups in total. The maximum absolute atomic E-state index is 5.94. The number of nitrogens with two attached hydrogens (primary N) is 1. The highest BCUT2D eigenvalue weighted by Gasteiger charge is 2.23. The molecular formula is C15H23N. The zero-order valence-corrected chi connectivity index (χ0v) is 10.3. The first-order valence-electron chi connectivity index (χ1n) is 6.55. The number of hydrogen-bond donors (Lipinski definition) is 1. The van der Waals surface area contributed by atoms with Gasteiger partial charge in [-0.2, -0.15) is 0 Å². The van der Waals surface area contributed by atoms with E-state index in [2.05, 4.69) is 31.2 Å². The van der Waals surface area contributed by atoms with Crippen LogP contribution in [0.4, 0.5) is 0 Å². The summed E-state index contributed by atoms with van der Waals surface area (Å²) in [5.41, 5.74) is 8.76. The molecule has 1 unspecified atom stereocenters. The summed E-state index contributed by atoms with van der Waals surface area (Å²) in [6.07, 6.45) is 6.79. The Labute approximate surface area is 99.0 Å². The van der Waals surface area contributed by atoms with E-state index in [-0.39, 0.29) is 0 Å². The zero-order chi connectivity index (χ0) is 11.4. The molecule has 1 heteroatoms. The van der Waals surface area contributed by atoms with E-state index in [1.54, 1.807) is 0 Å². The summed E-state index contributed by atoms with van der Waals surface area (Å²) in [6, 6.07) is 8.87. The number of aryl methyl sites for hydroxylation is 1. The molecule has 1 nitrogen and oxygen atoms in total. The van der Waals surface area contributed by atoms with Gasteiger partial charge in [-0.05, 0) is 37.3 Å². The first-order valence-corrected chi connectivity index (χ1v) is 6.55. The molecule has 2 rings (SSSR count). The number of benzene rings is 1. The standard InChI is InChI=1S/C15H23N/c1-12-5-4-6-13(9-12)10-15(11-16)14-7-2-3-8-14/h4-6,9,14-15H,2-3,7-8,10-11,16H2,1H3. The molecule has 0 radical (unpaired) electrons. The molecule has 0 aromatic heterocycles. The largest absolute Gasteiger partial charge is 0.330 e. The van der Waals surface area contributed by atoms with Crippen molar-refractivity contribution in [3.8, 4) is 0 Å². The van der Waals surface area contributed by atoms with Crippen LogP contribution < -0.4 is 5.73 Å². The lowest BCUT2D eigenvalue weighted by molar-refractivity contribution is 0.345. The fourth-order valence-electron chi connectivity index (χ4n) is 3.01. The van der Waals surface area contributed by atoms with E-state index in [1.807, 2.05) is 0 Å². The maximum atomic E-state index is 5.94. The summed E-state index contributed by atoms with van der Waals surface area (Å²) in [4.78, 5) is 0. The van der Waals surface area contributed by atoms with Gasteiger partial charge in [0.25, 0.3) is 0 Å². The third kappa shape index (κ3) is 2.85. The van der Waals surface area contributed by atoms with E-state index in [0.717, 1.165) is 12.5 Å². The van der Waals surface area contributed by atoms with Gasteiger partial charge in [0.15, 0.2) is 0 Å². The van der Waals surface area contributed by atoms with E-state index >= 15 is 0 Å². The minimum absolute atomic E-state index is 0.698. The molecule has 0 bridgehead atoms. The summed E-state index contributed by atoms with van der Waals surface area (Å²) in [6.45, 7) is 3.01. The van der Waals surface area contributed by atoms with E-state index in [4.69, 9.17) is 5.73 Å². The normalized spacial score (nSPS) is 18.9. The van der Waals surface area contributed by atoms with Gasteiger partial charge in [-0.25, -0.2) is 0 Å². The third-order valence-electron chi connectivity index (χ3n) is 3.95. The van der Waals surface area contributed by atoms with Crippen molar-refractivity contribution >= 4 is 0 Å². The molecule has 1 atom stereocenters. The molecule has 0 amide bonds. The Kier molecular flexibility index (Phi) is 4.00. The topological polar surface area (TPSA) is 26.0 Å². The molecule has 1 aliphatic rings. The van der Waals surface area contributed by atoms with Crippen molar-refractivity contribution in [1.82, 2.24) is 0 Å². The maximum Gasteiger partial charge on any atom is -0.00430 e. The van der Waals surface area contributed by atoms with Crippen LogP contribution in [0.5, 0.6) is 0 Å². The first-order chi connectivity index (χ1) is 7.79. The summed E-state index contributed by atoms with van der Waals surface area (Å²) < 4.78 is 0. The lowest BCUT2D eigenvalue weighted by atomic mass is 9.85. The molecule has 1 saturated carbocycles. The van der Waals surface area contributed by atoms with Crippen LogP contribution in [0, 0.1) is 18.8 Å². The lowest BCUT2D eigenvalue weighted by Crippen LogP contribution is -2.23. The minimum atomic E-state index is 0.698. The molecule has 0 saturated heterocycles. The van der Waals surface area contributed by atoms with Gasteiger partial charge in [0, 0.05) is 0 Å². The van der Waals surface area contributed by atoms with Gasteiger partial charge in [-0.1, -0.05) is 55.5 Å². The predicted molar refractivity (Wildman–Crippen MR) is 69.4 cm³/mol. The highest BCUT2D eigenvalue weighted by molar-refractivity contribution is 5.22. The lowest BCUT2D eigenvalue weighted by Gasteiger charge is -2.21. The summed E-state index contributed by atoms with van der Waals surface area (Å²) in [5.74, 6) is 1.58. The van der Waals surface area contributed by atoms with Crippen molar-refractivity contribution in [2.24, 2.45) is 17.6 Å². The zero-order valence-electron chi connectivity index (χ0n) is 10.3. The molecule has 0 spiro atoms. The van der Waals surface area contributed by atoms with Crippen LogP contribution in [-0.2, 0) is 6.42 Å². The van der Waals surface area contributed by atoms with Crippen molar-refractivity contribution in [2.45, 2.75) is 39.0 Å². The molecule has 16 heavy (non-hydrogen) atoms. The van der Waals surface area contributed by atoms with Crippen LogP contribution in [0.25, 0.3) is 0 Å². The van der Waals surface area contributed by atoms with E-state index in [9.17, 15) is 0 Å². The Morgan fingerprint density at radius 2 is 2.06 bits per heavy atom. The Balaban J connectivity index is 2.00. The van der Waals surface area contributed by atoms with Crippen LogP contribution in [0.3, 0.4) is 0 Å². The average molecular weight is 217 g/mol. The van der Waals surface area contributed by atoms with Gasteiger partial charge < -0.3 is 5.73 Å². The second-order valence-corrected chi connectivity index (χ2v) is 5.23. The molecule has 1 aliphatic carbocycles. The second-order valence-electron chi connectivity index (χ2n) is 5.23. The van der Waals surface area contributed by atoms with E-state index in [0.29, 0.717) is 5.92 Å². The van der Waals surface area contributed by atoms with Gasteiger partial charge in [0.2, 0.25) is 0 Å². The Morgan fingerprint density at radius 1 is 1.31 bits per heavy atom. The Hall–Kier alpha value is -0.820. The second kappa shape index (κ2) is 5.49. The van der Waals surface area contributed by atoms with Crippen LogP contribution in [0.1, 0.15) is 36.8 Å². The molecule has 1 aromatic rings. The monoisotopic (exact) mass is 217 g/mol. The Morgan fingerprint density at radius 3 is 2.69 bits per heavy atom. The summed E-state index contributed by atoms with van der Waals surface area (Å²) in [5, 5.41) is 0. The average Bonchev–Trinajstić information content (AvgIpc) is 2.79. The molecule has 0 heterocycles. The van der Waals surface area contributed by atoms with Crippen molar-refractivity contribution < 1.29 is 0 Å². The Bertz CT molecular complexity index is 326. The molecule has 1 fully saturated rings. The first kappa shape index (κ1) is 11.7. The fourth-order valence-corrected chi connectivity index (χ4v) is 3.01. The predicted octanol–water partition coefficient (Wildman–Crippen LogP) is 3.30. The summed E-state index contributed by atoms with van der Waals surface area (Å²) >= 11 is 0. The number of hydrogen-bond acceptors (Lipinski definition) is 1. The minimum Gasteiger partial charge on any atom is -0.330 e. The van der Waals surface area contributed by atoms with E-state index < -0.39 is 0 Å². The molecule has 1 aromatic carbocycles. The number of rotatable bonds is 4. The van der Waals surface area contributed by atoms with Crippen LogP contribution >= 0.6 is 0 Å². The SMILES string of the molecule is Cc1cccc(CC(CN)C2CCCC2)c1. The fraction of sp³-hybridized carbons (Fsp3) is 0.600. The molecule has 0 aliphatic heterocycles. The van der Waals surface area contributed by atoms with Crippen LogP contribution in [0.2, 0.25) is 0 Å². The van der Waals surface area contributed by atoms with Crippen LogP contribution in [-0.4, -0.2) is 6.54 Å². The van der Waals surface area contributed by atoms with Gasteiger partial charge >= 0.3 is 0 Å². The smallest absolute Gasteiger partial charge is 0.00430 e. The van der Waals surface area contributed by atoms with Gasteiger partial charge in [-0.15, -0.1) is 0 Å². The van der Waals surface area contributed by atoms with Crippen molar-refractivity contribution in [1.29, 1.82) is 0 Å². The van der Waals surface area contributed by atoms with Gasteiger partial charge in [-0.3, -0.25) is 0 Å².